The normalized spacial score (nSPS) is 9.81. The number of benzene rings is 2. The first-order chi connectivity index (χ1) is 10.2. The first-order valence-electron chi connectivity index (χ1n) is 6.33. The minimum Gasteiger partial charge on any atom is -0.497 e. The highest BCUT2D eigenvalue weighted by atomic mass is 19.1. The molecule has 0 amide bonds. The summed E-state index contributed by atoms with van der Waals surface area (Å²) in [5.74, 6) is 0.643. The summed E-state index contributed by atoms with van der Waals surface area (Å²) >= 11 is 0. The summed E-state index contributed by atoms with van der Waals surface area (Å²) in [6, 6.07) is 11.9. The van der Waals surface area contributed by atoms with Gasteiger partial charge < -0.3 is 14.8 Å². The van der Waals surface area contributed by atoms with Gasteiger partial charge in [-0.1, -0.05) is 12.1 Å². The van der Waals surface area contributed by atoms with Crippen LogP contribution in [0.15, 0.2) is 36.4 Å². The van der Waals surface area contributed by atoms with Crippen molar-refractivity contribution in [2.45, 2.75) is 6.54 Å². The number of ether oxygens (including phenoxy) is 2. The van der Waals surface area contributed by atoms with Crippen LogP contribution in [0.1, 0.15) is 11.1 Å². The lowest BCUT2D eigenvalue weighted by Crippen LogP contribution is -2.05. The molecule has 0 aliphatic carbocycles. The summed E-state index contributed by atoms with van der Waals surface area (Å²) in [6.07, 6.45) is 0. The van der Waals surface area contributed by atoms with Gasteiger partial charge in [-0.3, -0.25) is 0 Å². The molecule has 5 heteroatoms. The van der Waals surface area contributed by atoms with Crippen molar-refractivity contribution < 1.29 is 13.9 Å². The fourth-order valence-corrected chi connectivity index (χ4v) is 1.96. The van der Waals surface area contributed by atoms with Crippen LogP contribution in [0, 0.1) is 17.1 Å². The summed E-state index contributed by atoms with van der Waals surface area (Å²) in [5, 5.41) is 12.2. The Morgan fingerprint density at radius 3 is 2.62 bits per heavy atom. The van der Waals surface area contributed by atoms with E-state index in [0.717, 1.165) is 0 Å². The van der Waals surface area contributed by atoms with E-state index in [2.05, 4.69) is 11.4 Å². The molecule has 0 bridgehead atoms. The van der Waals surface area contributed by atoms with Crippen LogP contribution in [0.25, 0.3) is 0 Å². The third-order valence-corrected chi connectivity index (χ3v) is 3.08. The molecule has 0 aliphatic heterocycles. The van der Waals surface area contributed by atoms with E-state index in [-0.39, 0.29) is 12.4 Å². The summed E-state index contributed by atoms with van der Waals surface area (Å²) in [7, 11) is 3.01. The largest absolute Gasteiger partial charge is 0.497 e. The first kappa shape index (κ1) is 14.7. The van der Waals surface area contributed by atoms with Crippen LogP contribution < -0.4 is 14.8 Å². The molecule has 0 saturated carbocycles. The van der Waals surface area contributed by atoms with Crippen LogP contribution >= 0.6 is 0 Å². The van der Waals surface area contributed by atoms with Gasteiger partial charge >= 0.3 is 0 Å². The highest BCUT2D eigenvalue weighted by Gasteiger charge is 2.10. The SMILES string of the molecule is COc1ccc(CNc2c(C#N)cccc2OC)c(F)c1. The highest BCUT2D eigenvalue weighted by Crippen LogP contribution is 2.28. The number of nitrogens with zero attached hydrogens (tertiary/aromatic N) is 1. The van der Waals surface area contributed by atoms with Crippen molar-refractivity contribution in [3.05, 3.63) is 53.3 Å². The minimum atomic E-state index is -0.366. The average Bonchev–Trinajstić information content (AvgIpc) is 2.53. The zero-order valence-electron chi connectivity index (χ0n) is 11.8. The molecule has 2 aromatic rings. The Morgan fingerprint density at radius 2 is 2.00 bits per heavy atom. The zero-order chi connectivity index (χ0) is 15.2. The molecule has 0 atom stereocenters. The molecule has 0 heterocycles. The molecular formula is C16H15FN2O2. The van der Waals surface area contributed by atoms with Crippen molar-refractivity contribution in [1.29, 1.82) is 5.26 Å². The first-order valence-corrected chi connectivity index (χ1v) is 6.33. The quantitative estimate of drug-likeness (QED) is 0.916. The van der Waals surface area contributed by atoms with Gasteiger partial charge in [-0.25, -0.2) is 4.39 Å². The molecule has 0 radical (unpaired) electrons. The van der Waals surface area contributed by atoms with Gasteiger partial charge in [0.2, 0.25) is 0 Å². The van der Waals surface area contributed by atoms with Crippen LogP contribution in [0.2, 0.25) is 0 Å². The number of halogens is 1. The van der Waals surface area contributed by atoms with Crippen molar-refractivity contribution in [3.8, 4) is 17.6 Å². The number of nitrogens with one attached hydrogen (secondary N) is 1. The van der Waals surface area contributed by atoms with E-state index in [1.165, 1.54) is 20.3 Å². The van der Waals surface area contributed by atoms with E-state index in [0.29, 0.717) is 28.3 Å². The number of para-hydroxylation sites is 1. The van der Waals surface area contributed by atoms with Crippen molar-refractivity contribution in [1.82, 2.24) is 0 Å². The molecule has 0 unspecified atom stereocenters. The van der Waals surface area contributed by atoms with E-state index in [1.807, 2.05) is 0 Å². The van der Waals surface area contributed by atoms with E-state index in [4.69, 9.17) is 14.7 Å². The molecule has 1 N–H and O–H groups in total. The molecule has 0 saturated heterocycles. The average molecular weight is 286 g/mol. The van der Waals surface area contributed by atoms with Crippen molar-refractivity contribution in [3.63, 3.8) is 0 Å². The fourth-order valence-electron chi connectivity index (χ4n) is 1.96. The number of nitriles is 1. The Morgan fingerprint density at radius 1 is 1.19 bits per heavy atom. The maximum atomic E-state index is 13.9. The maximum Gasteiger partial charge on any atom is 0.143 e. The van der Waals surface area contributed by atoms with Gasteiger partial charge in [0.25, 0.3) is 0 Å². The standard InChI is InChI=1S/C16H15FN2O2/c1-20-13-7-6-12(14(17)8-13)10-19-16-11(9-18)4-3-5-15(16)21-2/h3-8,19H,10H2,1-2H3. The number of methoxy groups -OCH3 is 2. The van der Waals surface area contributed by atoms with Gasteiger partial charge in [0, 0.05) is 18.2 Å². The van der Waals surface area contributed by atoms with Crippen LogP contribution in [0.3, 0.4) is 0 Å². The molecule has 0 fully saturated rings. The summed E-state index contributed by atoms with van der Waals surface area (Å²) in [4.78, 5) is 0. The Balaban J connectivity index is 2.22. The molecular weight excluding hydrogens is 271 g/mol. The zero-order valence-corrected chi connectivity index (χ0v) is 11.8. The smallest absolute Gasteiger partial charge is 0.143 e. The monoisotopic (exact) mass is 286 g/mol. The van der Waals surface area contributed by atoms with Crippen LogP contribution in [-0.4, -0.2) is 14.2 Å². The van der Waals surface area contributed by atoms with Gasteiger partial charge in [0.1, 0.15) is 23.4 Å². The van der Waals surface area contributed by atoms with Crippen LogP contribution in [0.5, 0.6) is 11.5 Å². The third kappa shape index (κ3) is 3.23. The molecule has 0 aliphatic rings. The van der Waals surface area contributed by atoms with Gasteiger partial charge in [0.05, 0.1) is 25.5 Å². The van der Waals surface area contributed by atoms with Gasteiger partial charge in [0.15, 0.2) is 0 Å². The maximum absolute atomic E-state index is 13.9. The van der Waals surface area contributed by atoms with Crippen molar-refractivity contribution in [2.24, 2.45) is 0 Å². The lowest BCUT2D eigenvalue weighted by Gasteiger charge is -2.13. The molecule has 108 valence electrons. The Hall–Kier alpha value is -2.74. The lowest BCUT2D eigenvalue weighted by atomic mass is 10.1. The summed E-state index contributed by atoms with van der Waals surface area (Å²) in [6.45, 7) is 0.241. The second kappa shape index (κ2) is 6.62. The Bertz CT molecular complexity index is 680. The predicted molar refractivity (Wildman–Crippen MR) is 78.0 cm³/mol. The van der Waals surface area contributed by atoms with E-state index in [9.17, 15) is 4.39 Å². The number of rotatable bonds is 5. The third-order valence-electron chi connectivity index (χ3n) is 3.08. The second-order valence-corrected chi connectivity index (χ2v) is 4.31. The van der Waals surface area contributed by atoms with Crippen molar-refractivity contribution in [2.75, 3.05) is 19.5 Å². The minimum absolute atomic E-state index is 0.241. The predicted octanol–water partition coefficient (Wildman–Crippen LogP) is 3.33. The number of hydrogen-bond donors (Lipinski definition) is 1. The van der Waals surface area contributed by atoms with Gasteiger partial charge in [-0.05, 0) is 18.2 Å². The molecule has 2 rings (SSSR count). The number of hydrogen-bond acceptors (Lipinski definition) is 4. The molecule has 21 heavy (non-hydrogen) atoms. The van der Waals surface area contributed by atoms with Crippen LogP contribution in [0.4, 0.5) is 10.1 Å². The number of anilines is 1. The van der Waals surface area contributed by atoms with E-state index < -0.39 is 0 Å². The Labute approximate surface area is 122 Å². The van der Waals surface area contributed by atoms with E-state index >= 15 is 0 Å². The molecule has 4 nitrogen and oxygen atoms in total. The molecule has 0 aromatic heterocycles. The topological polar surface area (TPSA) is 54.3 Å². The van der Waals surface area contributed by atoms with E-state index in [1.54, 1.807) is 30.3 Å². The Kier molecular flexibility index (Phi) is 4.62. The highest BCUT2D eigenvalue weighted by molar-refractivity contribution is 5.66. The fraction of sp³-hybridized carbons (Fsp3) is 0.188. The summed E-state index contributed by atoms with van der Waals surface area (Å²) < 4.78 is 24.1. The second-order valence-electron chi connectivity index (χ2n) is 4.31. The van der Waals surface area contributed by atoms with Crippen molar-refractivity contribution >= 4 is 5.69 Å². The summed E-state index contributed by atoms with van der Waals surface area (Å²) in [5.41, 5.74) is 1.48. The van der Waals surface area contributed by atoms with Crippen LogP contribution in [-0.2, 0) is 6.54 Å². The molecule has 0 spiro atoms. The lowest BCUT2D eigenvalue weighted by molar-refractivity contribution is 0.410. The van der Waals surface area contributed by atoms with Gasteiger partial charge in [-0.2, -0.15) is 5.26 Å². The molecule has 2 aromatic carbocycles. The van der Waals surface area contributed by atoms with Gasteiger partial charge in [-0.15, -0.1) is 0 Å².